The summed E-state index contributed by atoms with van der Waals surface area (Å²) in [5.41, 5.74) is 0.607. The third-order valence-corrected chi connectivity index (χ3v) is 4.17. The van der Waals surface area contributed by atoms with Crippen LogP contribution in [0.2, 0.25) is 5.02 Å². The van der Waals surface area contributed by atoms with Crippen molar-refractivity contribution >= 4 is 22.9 Å². The maximum atomic E-state index is 13.4. The molecule has 3 nitrogen and oxygen atoms in total. The molecule has 0 spiro atoms. The van der Waals surface area contributed by atoms with Crippen LogP contribution < -0.4 is 5.32 Å². The summed E-state index contributed by atoms with van der Waals surface area (Å²) in [5, 5.41) is 13.3. The van der Waals surface area contributed by atoms with Gasteiger partial charge in [-0.05, 0) is 19.0 Å². The first-order valence-electron chi connectivity index (χ1n) is 6.58. The Hall–Kier alpha value is -1.04. The van der Waals surface area contributed by atoms with E-state index in [2.05, 4.69) is 29.4 Å². The van der Waals surface area contributed by atoms with Crippen molar-refractivity contribution in [2.24, 2.45) is 0 Å². The molecule has 20 heavy (non-hydrogen) atoms. The molecule has 0 radical (unpaired) electrons. The summed E-state index contributed by atoms with van der Waals surface area (Å²) in [6, 6.07) is 5.22. The predicted octanol–water partition coefficient (Wildman–Crippen LogP) is 3.93. The molecular formula is C14H17ClFN3S. The number of aryl methyl sites for hydroxylation is 1. The van der Waals surface area contributed by atoms with Gasteiger partial charge < -0.3 is 5.32 Å². The van der Waals surface area contributed by atoms with Gasteiger partial charge in [0.05, 0.1) is 5.02 Å². The van der Waals surface area contributed by atoms with Gasteiger partial charge in [-0.1, -0.05) is 48.9 Å². The number of halogens is 2. The van der Waals surface area contributed by atoms with Gasteiger partial charge in [0.2, 0.25) is 0 Å². The van der Waals surface area contributed by atoms with Crippen molar-refractivity contribution in [2.45, 2.75) is 32.7 Å². The lowest BCUT2D eigenvalue weighted by molar-refractivity contribution is 0.569. The van der Waals surface area contributed by atoms with Crippen molar-refractivity contribution in [1.82, 2.24) is 15.5 Å². The van der Waals surface area contributed by atoms with Gasteiger partial charge in [-0.25, -0.2) is 4.39 Å². The van der Waals surface area contributed by atoms with Crippen LogP contribution in [0.3, 0.4) is 0 Å². The molecule has 0 saturated heterocycles. The molecule has 0 aliphatic heterocycles. The van der Waals surface area contributed by atoms with E-state index in [1.54, 1.807) is 12.1 Å². The fraction of sp³-hybridized carbons (Fsp3) is 0.429. The molecule has 0 amide bonds. The highest BCUT2D eigenvalue weighted by atomic mass is 35.5. The lowest BCUT2D eigenvalue weighted by Crippen LogP contribution is -2.23. The molecule has 6 heteroatoms. The lowest BCUT2D eigenvalue weighted by atomic mass is 10.2. The van der Waals surface area contributed by atoms with Gasteiger partial charge in [-0.15, -0.1) is 10.2 Å². The molecule has 2 aromatic rings. The minimum atomic E-state index is -0.429. The molecule has 1 aromatic carbocycles. The predicted molar refractivity (Wildman–Crippen MR) is 81.8 cm³/mol. The summed E-state index contributed by atoms with van der Waals surface area (Å²) < 4.78 is 13.4. The molecule has 0 bridgehead atoms. The van der Waals surface area contributed by atoms with Crippen molar-refractivity contribution in [3.05, 3.63) is 34.0 Å². The highest BCUT2D eigenvalue weighted by Crippen LogP contribution is 2.32. The lowest BCUT2D eigenvalue weighted by Gasteiger charge is -2.05. The van der Waals surface area contributed by atoms with E-state index in [1.165, 1.54) is 17.4 Å². The Morgan fingerprint density at radius 3 is 2.90 bits per heavy atom. The normalized spacial score (nSPS) is 11.2. The van der Waals surface area contributed by atoms with Crippen molar-refractivity contribution in [3.8, 4) is 10.6 Å². The Kier molecular flexibility index (Phi) is 5.46. The van der Waals surface area contributed by atoms with Crippen LogP contribution >= 0.6 is 22.9 Å². The zero-order valence-corrected chi connectivity index (χ0v) is 13.1. The van der Waals surface area contributed by atoms with Gasteiger partial charge in [-0.3, -0.25) is 0 Å². The molecule has 1 N–H and O–H groups in total. The molecule has 0 fully saturated rings. The summed E-state index contributed by atoms with van der Waals surface area (Å²) in [6.07, 6.45) is 1.87. The van der Waals surface area contributed by atoms with E-state index in [0.717, 1.165) is 24.4 Å². The van der Waals surface area contributed by atoms with Gasteiger partial charge >= 0.3 is 0 Å². The molecule has 0 aliphatic carbocycles. The second-order valence-corrected chi connectivity index (χ2v) is 6.25. The van der Waals surface area contributed by atoms with E-state index >= 15 is 0 Å². The maximum Gasteiger partial charge on any atom is 0.149 e. The average Bonchev–Trinajstić information content (AvgIpc) is 2.86. The molecule has 0 aliphatic rings. The van der Waals surface area contributed by atoms with E-state index in [9.17, 15) is 4.39 Å². The van der Waals surface area contributed by atoms with E-state index < -0.39 is 5.82 Å². The van der Waals surface area contributed by atoms with Crippen molar-refractivity contribution < 1.29 is 4.39 Å². The summed E-state index contributed by atoms with van der Waals surface area (Å²) >= 11 is 7.42. The van der Waals surface area contributed by atoms with Crippen LogP contribution in [0.25, 0.3) is 10.6 Å². The van der Waals surface area contributed by atoms with Gasteiger partial charge in [0.25, 0.3) is 0 Å². The minimum absolute atomic E-state index is 0.108. The topological polar surface area (TPSA) is 37.8 Å². The molecular weight excluding hydrogens is 297 g/mol. The molecule has 0 unspecified atom stereocenters. The first kappa shape index (κ1) is 15.4. The Morgan fingerprint density at radius 2 is 2.15 bits per heavy atom. The maximum absolute atomic E-state index is 13.4. The summed E-state index contributed by atoms with van der Waals surface area (Å²) in [7, 11) is 0. The third-order valence-electron chi connectivity index (χ3n) is 2.77. The van der Waals surface area contributed by atoms with E-state index in [-0.39, 0.29) is 5.02 Å². The average molecular weight is 314 g/mol. The monoisotopic (exact) mass is 313 g/mol. The van der Waals surface area contributed by atoms with Crippen molar-refractivity contribution in [3.63, 3.8) is 0 Å². The molecule has 1 heterocycles. The highest BCUT2D eigenvalue weighted by Gasteiger charge is 2.12. The quantitative estimate of drug-likeness (QED) is 0.821. The first-order chi connectivity index (χ1) is 9.58. The zero-order chi connectivity index (χ0) is 14.5. The second kappa shape index (κ2) is 7.11. The number of hydrogen-bond donors (Lipinski definition) is 1. The number of nitrogens with one attached hydrogen (secondary N) is 1. The van der Waals surface area contributed by atoms with Crippen LogP contribution in [0.15, 0.2) is 18.2 Å². The van der Waals surface area contributed by atoms with Crippen LogP contribution in [0.1, 0.15) is 25.3 Å². The Morgan fingerprint density at radius 1 is 1.35 bits per heavy atom. The number of nitrogens with zero attached hydrogens (tertiary/aromatic N) is 2. The van der Waals surface area contributed by atoms with Gasteiger partial charge in [0.1, 0.15) is 15.8 Å². The molecule has 0 saturated carbocycles. The Balaban J connectivity index is 2.00. The molecule has 108 valence electrons. The number of benzene rings is 1. The first-order valence-corrected chi connectivity index (χ1v) is 7.77. The largest absolute Gasteiger partial charge is 0.315 e. The highest BCUT2D eigenvalue weighted by molar-refractivity contribution is 7.14. The van der Waals surface area contributed by atoms with Crippen LogP contribution in [0.5, 0.6) is 0 Å². The smallest absolute Gasteiger partial charge is 0.149 e. The van der Waals surface area contributed by atoms with E-state index in [0.29, 0.717) is 16.6 Å². The molecule has 1 aromatic heterocycles. The number of aromatic nitrogens is 2. The van der Waals surface area contributed by atoms with Gasteiger partial charge in [0, 0.05) is 18.0 Å². The molecule has 2 rings (SSSR count). The van der Waals surface area contributed by atoms with Crippen LogP contribution in [0.4, 0.5) is 4.39 Å². The fourth-order valence-corrected chi connectivity index (χ4v) is 2.95. The fourth-order valence-electron chi connectivity index (χ4n) is 1.76. The zero-order valence-electron chi connectivity index (χ0n) is 11.5. The van der Waals surface area contributed by atoms with Crippen LogP contribution in [-0.2, 0) is 6.42 Å². The number of rotatable bonds is 6. The Bertz CT molecular complexity index is 571. The van der Waals surface area contributed by atoms with E-state index in [1.807, 2.05) is 0 Å². The minimum Gasteiger partial charge on any atom is -0.315 e. The van der Waals surface area contributed by atoms with Gasteiger partial charge in [-0.2, -0.15) is 0 Å². The van der Waals surface area contributed by atoms with Crippen LogP contribution in [0, 0.1) is 5.82 Å². The van der Waals surface area contributed by atoms with E-state index in [4.69, 9.17) is 11.6 Å². The molecule has 0 atom stereocenters. The second-order valence-electron chi connectivity index (χ2n) is 4.81. The standard InChI is InChI=1S/C14H17ClFN3S/c1-9(2)17-8-4-7-12-18-19-14(20-12)10-5-3-6-11(16)13(10)15/h3,5-6,9,17H,4,7-8H2,1-2H3. The summed E-state index contributed by atoms with van der Waals surface area (Å²) in [6.45, 7) is 5.19. The van der Waals surface area contributed by atoms with Crippen molar-refractivity contribution in [1.29, 1.82) is 0 Å². The van der Waals surface area contributed by atoms with Gasteiger partial charge in [0.15, 0.2) is 0 Å². The Labute approximate surface area is 127 Å². The third kappa shape index (κ3) is 3.98. The van der Waals surface area contributed by atoms with Crippen LogP contribution in [-0.4, -0.2) is 22.8 Å². The summed E-state index contributed by atoms with van der Waals surface area (Å²) in [4.78, 5) is 0. The van der Waals surface area contributed by atoms with Crippen molar-refractivity contribution in [2.75, 3.05) is 6.54 Å². The number of hydrogen-bond acceptors (Lipinski definition) is 4. The summed E-state index contributed by atoms with van der Waals surface area (Å²) in [5.74, 6) is -0.429. The SMILES string of the molecule is CC(C)NCCCc1nnc(-c2cccc(F)c2Cl)s1.